The van der Waals surface area contributed by atoms with Gasteiger partial charge in [0.2, 0.25) is 0 Å². The van der Waals surface area contributed by atoms with Crippen LogP contribution in [0, 0.1) is 5.92 Å². The second kappa shape index (κ2) is 12.2. The molecule has 0 amide bonds. The molecule has 5 rings (SSSR count). The van der Waals surface area contributed by atoms with Crippen molar-refractivity contribution in [2.75, 3.05) is 45.1 Å². The molecule has 3 aromatic rings. The smallest absolute Gasteiger partial charge is 0.163 e. The molecule has 0 spiro atoms. The van der Waals surface area contributed by atoms with Crippen LogP contribution in [-0.2, 0) is 0 Å². The number of anilines is 1. The number of nitrogens with one attached hydrogen (secondary N) is 1. The average Bonchev–Trinajstić information content (AvgIpc) is 2.89. The first kappa shape index (κ1) is 28.6. The number of ketones is 1. The Morgan fingerprint density at radius 1 is 1.08 bits per heavy atom. The number of rotatable bonds is 6. The van der Waals surface area contributed by atoms with Gasteiger partial charge in [0, 0.05) is 50.5 Å². The molecule has 0 unspecified atom stereocenters. The van der Waals surface area contributed by atoms with Crippen molar-refractivity contribution in [3.63, 3.8) is 0 Å². The number of aromatic hydroxyl groups is 1. The van der Waals surface area contributed by atoms with E-state index in [1.807, 2.05) is 12.1 Å². The monoisotopic (exact) mass is 557 g/mol. The summed E-state index contributed by atoms with van der Waals surface area (Å²) in [6, 6.07) is 7.27. The van der Waals surface area contributed by atoms with E-state index in [9.17, 15) is 9.90 Å². The molecule has 1 aromatic carbocycles. The van der Waals surface area contributed by atoms with E-state index in [1.165, 1.54) is 19.4 Å². The van der Waals surface area contributed by atoms with Crippen molar-refractivity contribution in [1.29, 1.82) is 0 Å². The lowest BCUT2D eigenvalue weighted by Gasteiger charge is -2.37. The number of nitrogens with zero attached hydrogens (tertiary/aromatic N) is 4. The Morgan fingerprint density at radius 3 is 2.37 bits per heavy atom. The normalized spacial score (nSPS) is 20.7. The summed E-state index contributed by atoms with van der Waals surface area (Å²) >= 11 is 12.3. The second-order valence-corrected chi connectivity index (χ2v) is 11.2. The van der Waals surface area contributed by atoms with Crippen LogP contribution in [0.2, 0.25) is 10.0 Å². The average molecular weight is 559 g/mol. The highest BCUT2D eigenvalue weighted by Crippen LogP contribution is 2.37. The minimum atomic E-state index is -0.154. The summed E-state index contributed by atoms with van der Waals surface area (Å²) in [4.78, 5) is 26.9. The molecule has 9 heteroatoms. The van der Waals surface area contributed by atoms with Crippen LogP contribution in [0.3, 0.4) is 0 Å². The zero-order valence-corrected chi connectivity index (χ0v) is 22.8. The number of carbonyl (C=O) groups excluding carboxylic acids is 1. The number of hydrogen-bond acceptors (Lipinski definition) is 7. The fourth-order valence-electron chi connectivity index (χ4n) is 5.44. The van der Waals surface area contributed by atoms with Gasteiger partial charge in [0.05, 0.1) is 32.5 Å². The lowest BCUT2D eigenvalue weighted by molar-refractivity contribution is 0.101. The number of fused-ring (bicyclic) bond motifs is 1. The van der Waals surface area contributed by atoms with E-state index in [4.69, 9.17) is 28.2 Å². The van der Waals surface area contributed by atoms with Gasteiger partial charge >= 0.3 is 0 Å². The van der Waals surface area contributed by atoms with Gasteiger partial charge in [-0.15, -0.1) is 0 Å². The molecule has 2 aliphatic rings. The fourth-order valence-corrected chi connectivity index (χ4v) is 5.93. The predicted octanol–water partition coefficient (Wildman–Crippen LogP) is 6.37. The third-order valence-electron chi connectivity index (χ3n) is 7.71. The van der Waals surface area contributed by atoms with Gasteiger partial charge in [0.1, 0.15) is 5.52 Å². The summed E-state index contributed by atoms with van der Waals surface area (Å²) in [7, 11) is 2.19. The number of aromatic nitrogens is 2. The zero-order valence-electron chi connectivity index (χ0n) is 21.3. The van der Waals surface area contributed by atoms with Crippen LogP contribution < -0.4 is 5.32 Å². The molecule has 0 atom stereocenters. The number of pyridine rings is 2. The molecule has 1 aliphatic carbocycles. The van der Waals surface area contributed by atoms with Gasteiger partial charge in [-0.1, -0.05) is 30.6 Å². The van der Waals surface area contributed by atoms with Crippen LogP contribution in [0.4, 0.5) is 5.69 Å². The van der Waals surface area contributed by atoms with E-state index in [0.29, 0.717) is 27.9 Å². The molecule has 38 heavy (non-hydrogen) atoms. The Balaban J connectivity index is 0.00000336. The van der Waals surface area contributed by atoms with Crippen molar-refractivity contribution in [3.8, 4) is 17.0 Å². The molecule has 204 valence electrons. The number of phenolic OH excluding ortho intramolecular Hbond substituents is 1. The SMILES string of the molecule is C.CC(=O)c1cnc2ccc(-c3cc(Cl)c(O)c(Cl)c3)nc2c1NC1CCC(CN2CCN(C)CC2)CC1. The Bertz CT molecular complexity index is 1280. The van der Waals surface area contributed by atoms with Crippen LogP contribution >= 0.6 is 23.2 Å². The first-order chi connectivity index (χ1) is 17.8. The predicted molar refractivity (Wildman–Crippen MR) is 157 cm³/mol. The Labute approximate surface area is 235 Å². The van der Waals surface area contributed by atoms with E-state index >= 15 is 0 Å². The zero-order chi connectivity index (χ0) is 26.1. The van der Waals surface area contributed by atoms with Crippen molar-refractivity contribution >= 4 is 45.7 Å². The van der Waals surface area contributed by atoms with E-state index in [1.54, 1.807) is 25.3 Å². The first-order valence-electron chi connectivity index (χ1n) is 12.9. The van der Waals surface area contributed by atoms with Crippen molar-refractivity contribution in [3.05, 3.63) is 46.1 Å². The molecule has 1 saturated carbocycles. The Morgan fingerprint density at radius 2 is 1.74 bits per heavy atom. The van der Waals surface area contributed by atoms with Crippen molar-refractivity contribution < 1.29 is 9.90 Å². The summed E-state index contributed by atoms with van der Waals surface area (Å²) < 4.78 is 0. The molecular weight excluding hydrogens is 521 g/mol. The maximum absolute atomic E-state index is 12.6. The van der Waals surface area contributed by atoms with Crippen molar-refractivity contribution in [2.45, 2.75) is 46.1 Å². The summed E-state index contributed by atoms with van der Waals surface area (Å²) in [5.41, 5.74) is 3.94. The molecule has 1 saturated heterocycles. The van der Waals surface area contributed by atoms with Crippen LogP contribution in [-0.4, -0.2) is 76.5 Å². The number of Topliss-reactive ketones (excluding diaryl/α,β-unsaturated/α-hetero) is 1. The number of hydrogen-bond donors (Lipinski definition) is 2. The Kier molecular flexibility index (Phi) is 9.14. The van der Waals surface area contributed by atoms with Gasteiger partial charge in [-0.3, -0.25) is 9.78 Å². The van der Waals surface area contributed by atoms with E-state index in [0.717, 1.165) is 50.6 Å². The second-order valence-electron chi connectivity index (χ2n) is 10.4. The molecule has 0 bridgehead atoms. The van der Waals surface area contributed by atoms with Gasteiger partial charge in [-0.05, 0) is 69.8 Å². The molecule has 0 radical (unpaired) electrons. The number of phenols is 1. The van der Waals surface area contributed by atoms with Gasteiger partial charge in [-0.25, -0.2) is 4.98 Å². The number of piperazine rings is 1. The van der Waals surface area contributed by atoms with Gasteiger partial charge < -0.3 is 20.2 Å². The molecule has 3 heterocycles. The highest BCUT2D eigenvalue weighted by molar-refractivity contribution is 6.37. The van der Waals surface area contributed by atoms with Crippen molar-refractivity contribution in [2.24, 2.45) is 5.92 Å². The molecule has 1 aliphatic heterocycles. The molecular formula is C29H37Cl2N5O2. The molecule has 7 nitrogen and oxygen atoms in total. The van der Waals surface area contributed by atoms with Crippen LogP contribution in [0.15, 0.2) is 30.5 Å². The summed E-state index contributed by atoms with van der Waals surface area (Å²) in [5.74, 6) is 0.513. The molecule has 2 fully saturated rings. The highest BCUT2D eigenvalue weighted by atomic mass is 35.5. The van der Waals surface area contributed by atoms with E-state index in [2.05, 4.69) is 27.1 Å². The van der Waals surface area contributed by atoms with Gasteiger partial charge in [0.15, 0.2) is 11.5 Å². The van der Waals surface area contributed by atoms with Crippen LogP contribution in [0.1, 0.15) is 50.4 Å². The van der Waals surface area contributed by atoms with Crippen LogP contribution in [0.5, 0.6) is 5.75 Å². The van der Waals surface area contributed by atoms with Gasteiger partial charge in [0.25, 0.3) is 0 Å². The summed E-state index contributed by atoms with van der Waals surface area (Å²) in [6.07, 6.45) is 6.10. The minimum Gasteiger partial charge on any atom is -0.505 e. The third kappa shape index (κ3) is 6.23. The third-order valence-corrected chi connectivity index (χ3v) is 8.29. The maximum Gasteiger partial charge on any atom is 0.163 e. The number of carbonyl (C=O) groups is 1. The fraction of sp³-hybridized carbons (Fsp3) is 0.483. The number of halogens is 2. The van der Waals surface area contributed by atoms with Crippen LogP contribution in [0.25, 0.3) is 22.3 Å². The topological polar surface area (TPSA) is 81.6 Å². The summed E-state index contributed by atoms with van der Waals surface area (Å²) in [6.45, 7) is 7.36. The number of benzene rings is 1. The summed E-state index contributed by atoms with van der Waals surface area (Å²) in [5, 5.41) is 13.9. The lowest BCUT2D eigenvalue weighted by Crippen LogP contribution is -2.46. The van der Waals surface area contributed by atoms with Crippen molar-refractivity contribution in [1.82, 2.24) is 19.8 Å². The van der Waals surface area contributed by atoms with E-state index in [-0.39, 0.29) is 35.0 Å². The maximum atomic E-state index is 12.6. The van der Waals surface area contributed by atoms with Gasteiger partial charge in [-0.2, -0.15) is 0 Å². The van der Waals surface area contributed by atoms with E-state index < -0.39 is 0 Å². The quantitative estimate of drug-likeness (QED) is 0.341. The Hall–Kier alpha value is -2.45. The standard InChI is InChI=1S/C28H33Cl2N5O2.CH4/c1-17(36)21-15-31-25-8-7-24(19-13-22(29)28(37)23(30)14-19)33-27(25)26(21)32-20-5-3-18(4-6-20)16-35-11-9-34(2)10-12-35;/h7-8,13-15,18,20,37H,3-6,9-12,16H2,1-2H3,(H,31,32);1H4. The largest absolute Gasteiger partial charge is 0.505 e. The minimum absolute atomic E-state index is 0. The highest BCUT2D eigenvalue weighted by Gasteiger charge is 2.26. The molecule has 2 aromatic heterocycles. The number of likely N-dealkylation sites (N-methyl/N-ethyl adjacent to an activating group) is 1. The first-order valence-corrected chi connectivity index (χ1v) is 13.7. The molecule has 2 N–H and O–H groups in total. The lowest BCUT2D eigenvalue weighted by atomic mass is 9.85.